The summed E-state index contributed by atoms with van der Waals surface area (Å²) in [5.41, 5.74) is 0. The molecule has 0 aromatic heterocycles. The zero-order valence-corrected chi connectivity index (χ0v) is 13.9. The summed E-state index contributed by atoms with van der Waals surface area (Å²) in [4.78, 5) is 0. The average molecular weight is 295 g/mol. The third-order valence-corrected chi connectivity index (χ3v) is 3.68. The SMILES string of the molecule is [C]1=C/C=C\C=C\C=C\C=C\C=C/CCCCCCCCCC/1. The van der Waals surface area contributed by atoms with Crippen molar-refractivity contribution in [2.75, 3.05) is 0 Å². The fourth-order valence-electron chi connectivity index (χ4n) is 2.38. The molecule has 0 atom stereocenters. The maximum absolute atomic E-state index is 3.34. The third kappa shape index (κ3) is 13.4. The largest absolute Gasteiger partial charge is 0.0845 e. The van der Waals surface area contributed by atoms with Crippen molar-refractivity contribution in [1.82, 2.24) is 0 Å². The highest BCUT2D eigenvalue weighted by Gasteiger charge is 1.91. The lowest BCUT2D eigenvalue weighted by atomic mass is 10.1. The highest BCUT2D eigenvalue weighted by atomic mass is 14.0. The summed E-state index contributed by atoms with van der Waals surface area (Å²) in [5.74, 6) is 0. The molecule has 1 aliphatic carbocycles. The maximum Gasteiger partial charge on any atom is -0.0276 e. The lowest BCUT2D eigenvalue weighted by Crippen LogP contribution is -1.81. The van der Waals surface area contributed by atoms with Crippen molar-refractivity contribution in [2.24, 2.45) is 0 Å². The molecule has 0 bridgehead atoms. The lowest BCUT2D eigenvalue weighted by Gasteiger charge is -2.00. The van der Waals surface area contributed by atoms with Crippen molar-refractivity contribution >= 4 is 0 Å². The Bertz CT molecular complexity index is 362. The third-order valence-electron chi connectivity index (χ3n) is 3.68. The molecule has 0 nitrogen and oxygen atoms in total. The smallest absolute Gasteiger partial charge is 0.0276 e. The molecule has 0 heterocycles. The van der Waals surface area contributed by atoms with Crippen molar-refractivity contribution in [2.45, 2.75) is 64.2 Å². The molecular weight excluding hydrogens is 264 g/mol. The topological polar surface area (TPSA) is 0 Å². The van der Waals surface area contributed by atoms with E-state index in [-0.39, 0.29) is 0 Å². The molecular formula is C22H31. The van der Waals surface area contributed by atoms with E-state index in [0.29, 0.717) is 0 Å². The molecule has 0 fully saturated rings. The minimum absolute atomic E-state index is 1.09. The van der Waals surface area contributed by atoms with Gasteiger partial charge in [-0.05, 0) is 31.8 Å². The predicted octanol–water partition coefficient (Wildman–Crippen LogP) is 7.04. The zero-order chi connectivity index (χ0) is 15.6. The summed E-state index contributed by atoms with van der Waals surface area (Å²) < 4.78 is 0. The van der Waals surface area contributed by atoms with E-state index >= 15 is 0 Å². The van der Waals surface area contributed by atoms with Crippen LogP contribution in [-0.2, 0) is 0 Å². The first-order valence-electron chi connectivity index (χ1n) is 8.88. The number of hydrogen-bond acceptors (Lipinski definition) is 0. The van der Waals surface area contributed by atoms with Gasteiger partial charge in [0.05, 0.1) is 0 Å². The standard InChI is InChI=1S/C22H31/c1-2-4-6-8-10-12-14-16-18-20-22-21-19-17-15-13-11-9-7-5-3-1/h1-11H,12,14-22H2/b2-1+,5-3+,6-4+,9-7-,10-8-,13-11?. The molecule has 0 aliphatic heterocycles. The van der Waals surface area contributed by atoms with Crippen molar-refractivity contribution in [1.29, 1.82) is 0 Å². The minimum atomic E-state index is 1.09. The van der Waals surface area contributed by atoms with Gasteiger partial charge in [0.15, 0.2) is 0 Å². The quantitative estimate of drug-likeness (QED) is 0.449. The second-order valence-electron chi connectivity index (χ2n) is 5.71. The minimum Gasteiger partial charge on any atom is -0.0845 e. The molecule has 0 saturated heterocycles. The summed E-state index contributed by atoms with van der Waals surface area (Å²) in [7, 11) is 0. The molecule has 0 amide bonds. The molecule has 119 valence electrons. The molecule has 0 aromatic carbocycles. The van der Waals surface area contributed by atoms with Crippen LogP contribution < -0.4 is 0 Å². The fourth-order valence-corrected chi connectivity index (χ4v) is 2.38. The van der Waals surface area contributed by atoms with Gasteiger partial charge >= 0.3 is 0 Å². The van der Waals surface area contributed by atoms with Gasteiger partial charge in [0.25, 0.3) is 0 Å². The maximum atomic E-state index is 3.34. The molecule has 0 aromatic rings. The highest BCUT2D eigenvalue weighted by Crippen LogP contribution is 2.11. The second-order valence-corrected chi connectivity index (χ2v) is 5.71. The Balaban J connectivity index is 2.34. The average Bonchev–Trinajstić information content (AvgIpc) is 2.53. The Hall–Kier alpha value is -1.56. The highest BCUT2D eigenvalue weighted by molar-refractivity contribution is 5.19. The Labute approximate surface area is 137 Å². The van der Waals surface area contributed by atoms with Crippen LogP contribution in [-0.4, -0.2) is 0 Å². The van der Waals surface area contributed by atoms with Crippen molar-refractivity contribution < 1.29 is 0 Å². The Kier molecular flexibility index (Phi) is 13.3. The van der Waals surface area contributed by atoms with Crippen LogP contribution >= 0.6 is 0 Å². The first-order valence-corrected chi connectivity index (χ1v) is 8.88. The first-order chi connectivity index (χ1) is 11.0. The molecule has 0 N–H and O–H groups in total. The zero-order valence-electron chi connectivity index (χ0n) is 13.9. The van der Waals surface area contributed by atoms with Gasteiger partial charge in [0, 0.05) is 0 Å². The van der Waals surface area contributed by atoms with E-state index in [4.69, 9.17) is 0 Å². The summed E-state index contributed by atoms with van der Waals surface area (Å²) in [6, 6.07) is 0. The van der Waals surface area contributed by atoms with E-state index < -0.39 is 0 Å². The normalized spacial score (nSPS) is 28.4. The molecule has 1 rings (SSSR count). The number of hydrogen-bond donors (Lipinski definition) is 0. The van der Waals surface area contributed by atoms with E-state index in [2.05, 4.69) is 42.5 Å². The van der Waals surface area contributed by atoms with Gasteiger partial charge in [-0.2, -0.15) is 0 Å². The molecule has 1 radical (unpaired) electrons. The molecule has 0 heteroatoms. The second kappa shape index (κ2) is 15.8. The van der Waals surface area contributed by atoms with Crippen LogP contribution in [0, 0.1) is 6.08 Å². The summed E-state index contributed by atoms with van der Waals surface area (Å²) in [6.45, 7) is 0. The van der Waals surface area contributed by atoms with Gasteiger partial charge in [-0.1, -0.05) is 105 Å². The van der Waals surface area contributed by atoms with Gasteiger partial charge < -0.3 is 0 Å². The van der Waals surface area contributed by atoms with Crippen LogP contribution in [0.4, 0.5) is 0 Å². The number of rotatable bonds is 0. The van der Waals surface area contributed by atoms with E-state index in [1.165, 1.54) is 57.8 Å². The van der Waals surface area contributed by atoms with Gasteiger partial charge in [-0.25, -0.2) is 0 Å². The van der Waals surface area contributed by atoms with Crippen LogP contribution in [0.3, 0.4) is 0 Å². The van der Waals surface area contributed by atoms with Crippen molar-refractivity contribution in [3.63, 3.8) is 0 Å². The first kappa shape index (κ1) is 18.5. The van der Waals surface area contributed by atoms with Crippen LogP contribution in [0.1, 0.15) is 64.2 Å². The number of allylic oxidation sites excluding steroid dienone is 12. The molecule has 22 heavy (non-hydrogen) atoms. The van der Waals surface area contributed by atoms with Crippen LogP contribution in [0.2, 0.25) is 0 Å². The van der Waals surface area contributed by atoms with Gasteiger partial charge in [0.1, 0.15) is 0 Å². The fraction of sp³-hybridized carbons (Fsp3) is 0.455. The van der Waals surface area contributed by atoms with Gasteiger partial charge in [-0.3, -0.25) is 0 Å². The van der Waals surface area contributed by atoms with E-state index in [9.17, 15) is 0 Å². The molecule has 0 unspecified atom stereocenters. The van der Waals surface area contributed by atoms with Crippen LogP contribution in [0.5, 0.6) is 0 Å². The van der Waals surface area contributed by atoms with Gasteiger partial charge in [0.2, 0.25) is 0 Å². The molecule has 0 saturated carbocycles. The summed E-state index contributed by atoms with van der Waals surface area (Å²) in [5, 5.41) is 0. The van der Waals surface area contributed by atoms with Crippen LogP contribution in [0.15, 0.2) is 66.8 Å². The van der Waals surface area contributed by atoms with Gasteiger partial charge in [-0.15, -0.1) is 0 Å². The lowest BCUT2D eigenvalue weighted by molar-refractivity contribution is 0.570. The van der Waals surface area contributed by atoms with Crippen molar-refractivity contribution in [3.8, 4) is 0 Å². The molecule has 0 spiro atoms. The summed E-state index contributed by atoms with van der Waals surface area (Å²) in [6.07, 6.45) is 39.5. The Morgan fingerprint density at radius 3 is 1.64 bits per heavy atom. The van der Waals surface area contributed by atoms with Crippen molar-refractivity contribution in [3.05, 3.63) is 72.9 Å². The molecule has 1 aliphatic rings. The van der Waals surface area contributed by atoms with E-state index in [0.717, 1.165) is 6.42 Å². The van der Waals surface area contributed by atoms with E-state index in [1.807, 2.05) is 30.4 Å². The monoisotopic (exact) mass is 295 g/mol. The van der Waals surface area contributed by atoms with E-state index in [1.54, 1.807) is 0 Å². The summed E-state index contributed by atoms with van der Waals surface area (Å²) >= 11 is 0. The van der Waals surface area contributed by atoms with Crippen LogP contribution in [0.25, 0.3) is 0 Å². The Morgan fingerprint density at radius 1 is 0.455 bits per heavy atom. The Morgan fingerprint density at radius 2 is 0.955 bits per heavy atom. The predicted molar refractivity (Wildman–Crippen MR) is 99.7 cm³/mol.